The maximum Gasteiger partial charge on any atom is 0.246 e. The topological polar surface area (TPSA) is 89.9 Å². The van der Waals surface area contributed by atoms with Crippen LogP contribution in [0.4, 0.5) is 0 Å². The SMILES string of the molecule is CCC(CO)(CO)NC1CC(=O)N(C)C1=O. The summed E-state index contributed by atoms with van der Waals surface area (Å²) in [7, 11) is 1.43. The van der Waals surface area contributed by atoms with Gasteiger partial charge in [-0.05, 0) is 6.42 Å². The van der Waals surface area contributed by atoms with E-state index in [1.165, 1.54) is 7.05 Å². The van der Waals surface area contributed by atoms with E-state index in [9.17, 15) is 19.8 Å². The highest BCUT2D eigenvalue weighted by Gasteiger charge is 2.40. The molecule has 1 rings (SSSR count). The van der Waals surface area contributed by atoms with E-state index in [-0.39, 0.29) is 31.4 Å². The van der Waals surface area contributed by atoms with E-state index in [1.54, 1.807) is 6.92 Å². The Morgan fingerprint density at radius 2 is 2.00 bits per heavy atom. The lowest BCUT2D eigenvalue weighted by Gasteiger charge is -2.32. The molecule has 92 valence electrons. The molecule has 1 unspecified atom stereocenters. The van der Waals surface area contributed by atoms with Gasteiger partial charge in [0.1, 0.15) is 0 Å². The molecule has 1 aliphatic rings. The van der Waals surface area contributed by atoms with Crippen LogP contribution in [-0.4, -0.2) is 58.8 Å². The largest absolute Gasteiger partial charge is 0.394 e. The number of imide groups is 1. The van der Waals surface area contributed by atoms with E-state index >= 15 is 0 Å². The van der Waals surface area contributed by atoms with Crippen LogP contribution in [0.25, 0.3) is 0 Å². The van der Waals surface area contributed by atoms with Gasteiger partial charge in [0, 0.05) is 7.05 Å². The lowest BCUT2D eigenvalue weighted by molar-refractivity contribution is -0.137. The number of likely N-dealkylation sites (N-methyl/N-ethyl adjacent to an activating group) is 1. The van der Waals surface area contributed by atoms with Crippen molar-refractivity contribution in [2.24, 2.45) is 0 Å². The molecule has 2 amide bonds. The van der Waals surface area contributed by atoms with Gasteiger partial charge in [0.15, 0.2) is 0 Å². The van der Waals surface area contributed by atoms with Crippen molar-refractivity contribution in [1.82, 2.24) is 10.2 Å². The quantitative estimate of drug-likeness (QED) is 0.498. The normalized spacial score (nSPS) is 22.0. The summed E-state index contributed by atoms with van der Waals surface area (Å²) in [6, 6.07) is -0.642. The standard InChI is InChI=1S/C10H18N2O4/c1-3-10(5-13,6-14)11-7-4-8(15)12(2)9(7)16/h7,11,13-14H,3-6H2,1-2H3. The molecule has 1 aliphatic heterocycles. The number of rotatable bonds is 5. The second-order valence-corrected chi connectivity index (χ2v) is 4.14. The maximum atomic E-state index is 11.6. The molecular weight excluding hydrogens is 212 g/mol. The van der Waals surface area contributed by atoms with Crippen molar-refractivity contribution in [3.05, 3.63) is 0 Å². The lowest BCUT2D eigenvalue weighted by Crippen LogP contribution is -2.57. The van der Waals surface area contributed by atoms with Gasteiger partial charge in [-0.1, -0.05) is 6.92 Å². The van der Waals surface area contributed by atoms with E-state index in [1.807, 2.05) is 0 Å². The molecule has 0 spiro atoms. The monoisotopic (exact) mass is 230 g/mol. The second-order valence-electron chi connectivity index (χ2n) is 4.14. The molecule has 16 heavy (non-hydrogen) atoms. The third-order valence-electron chi connectivity index (χ3n) is 3.14. The lowest BCUT2D eigenvalue weighted by atomic mass is 9.96. The van der Waals surface area contributed by atoms with Gasteiger partial charge in [-0.25, -0.2) is 0 Å². The number of hydrogen-bond donors (Lipinski definition) is 3. The molecule has 3 N–H and O–H groups in total. The fraction of sp³-hybridized carbons (Fsp3) is 0.800. The van der Waals surface area contributed by atoms with Gasteiger partial charge < -0.3 is 10.2 Å². The minimum absolute atomic E-state index is 0.0804. The van der Waals surface area contributed by atoms with Crippen molar-refractivity contribution in [3.8, 4) is 0 Å². The Morgan fingerprint density at radius 1 is 1.44 bits per heavy atom. The molecule has 1 fully saturated rings. The fourth-order valence-corrected chi connectivity index (χ4v) is 1.70. The molecular formula is C10H18N2O4. The minimum Gasteiger partial charge on any atom is -0.394 e. The number of nitrogens with one attached hydrogen (secondary N) is 1. The third-order valence-corrected chi connectivity index (χ3v) is 3.14. The number of aliphatic hydroxyl groups is 2. The molecule has 1 saturated heterocycles. The number of likely N-dealkylation sites (tertiary alicyclic amines) is 1. The van der Waals surface area contributed by atoms with Crippen molar-refractivity contribution >= 4 is 11.8 Å². The molecule has 1 heterocycles. The number of aliphatic hydroxyl groups excluding tert-OH is 2. The number of carbonyl (C=O) groups excluding carboxylic acids is 2. The first kappa shape index (κ1) is 13.1. The van der Waals surface area contributed by atoms with Crippen molar-refractivity contribution in [3.63, 3.8) is 0 Å². The zero-order valence-corrected chi connectivity index (χ0v) is 9.56. The average molecular weight is 230 g/mol. The van der Waals surface area contributed by atoms with Gasteiger partial charge in [0.2, 0.25) is 11.8 Å². The molecule has 0 bridgehead atoms. The summed E-state index contributed by atoms with van der Waals surface area (Å²) in [4.78, 5) is 24.0. The summed E-state index contributed by atoms with van der Waals surface area (Å²) in [6.07, 6.45) is 0.554. The van der Waals surface area contributed by atoms with Crippen LogP contribution >= 0.6 is 0 Å². The summed E-state index contributed by atoms with van der Waals surface area (Å²) in [5, 5.41) is 21.3. The summed E-state index contributed by atoms with van der Waals surface area (Å²) in [6.45, 7) is 1.24. The Balaban J connectivity index is 2.74. The molecule has 6 nitrogen and oxygen atoms in total. The second kappa shape index (κ2) is 4.90. The first-order chi connectivity index (χ1) is 7.49. The van der Waals surface area contributed by atoms with Crippen LogP contribution in [0.15, 0.2) is 0 Å². The van der Waals surface area contributed by atoms with Crippen LogP contribution in [0.3, 0.4) is 0 Å². The molecule has 0 radical (unpaired) electrons. The van der Waals surface area contributed by atoms with Crippen LogP contribution in [0.2, 0.25) is 0 Å². The van der Waals surface area contributed by atoms with Crippen LogP contribution in [0, 0.1) is 0 Å². The smallest absolute Gasteiger partial charge is 0.246 e. The van der Waals surface area contributed by atoms with Crippen molar-refractivity contribution in [1.29, 1.82) is 0 Å². The highest BCUT2D eigenvalue weighted by molar-refractivity contribution is 6.05. The number of carbonyl (C=O) groups is 2. The minimum atomic E-state index is -0.897. The molecule has 6 heteroatoms. The Morgan fingerprint density at radius 3 is 2.31 bits per heavy atom. The molecule has 0 aromatic rings. The van der Waals surface area contributed by atoms with Gasteiger partial charge >= 0.3 is 0 Å². The average Bonchev–Trinajstić information content (AvgIpc) is 2.54. The van der Waals surface area contributed by atoms with Gasteiger partial charge in [-0.15, -0.1) is 0 Å². The molecule has 0 aliphatic carbocycles. The predicted molar refractivity (Wildman–Crippen MR) is 56.5 cm³/mol. The van der Waals surface area contributed by atoms with Crippen LogP contribution in [0.5, 0.6) is 0 Å². The van der Waals surface area contributed by atoms with Crippen LogP contribution in [-0.2, 0) is 9.59 Å². The molecule has 0 aromatic carbocycles. The van der Waals surface area contributed by atoms with Gasteiger partial charge in [-0.3, -0.25) is 19.8 Å². The predicted octanol–water partition coefficient (Wildman–Crippen LogP) is -1.53. The Hall–Kier alpha value is -0.980. The van der Waals surface area contributed by atoms with E-state index in [2.05, 4.69) is 5.32 Å². The first-order valence-electron chi connectivity index (χ1n) is 5.29. The molecule has 0 aromatic heterocycles. The maximum absolute atomic E-state index is 11.6. The van der Waals surface area contributed by atoms with Crippen molar-refractivity contribution in [2.45, 2.75) is 31.3 Å². The van der Waals surface area contributed by atoms with E-state index in [4.69, 9.17) is 0 Å². The highest BCUT2D eigenvalue weighted by atomic mass is 16.3. The fourth-order valence-electron chi connectivity index (χ4n) is 1.70. The van der Waals surface area contributed by atoms with E-state index < -0.39 is 11.6 Å². The summed E-state index contributed by atoms with van der Waals surface area (Å²) >= 11 is 0. The number of amides is 2. The van der Waals surface area contributed by atoms with E-state index in [0.717, 1.165) is 4.90 Å². The van der Waals surface area contributed by atoms with Crippen molar-refractivity contribution < 1.29 is 19.8 Å². The Labute approximate surface area is 94.2 Å². The highest BCUT2D eigenvalue weighted by Crippen LogP contribution is 2.16. The zero-order valence-electron chi connectivity index (χ0n) is 9.56. The van der Waals surface area contributed by atoms with E-state index in [0.29, 0.717) is 6.42 Å². The first-order valence-corrected chi connectivity index (χ1v) is 5.29. The summed E-state index contributed by atoms with van der Waals surface area (Å²) in [5.74, 6) is -0.562. The van der Waals surface area contributed by atoms with Gasteiger partial charge in [0.05, 0.1) is 31.2 Å². The van der Waals surface area contributed by atoms with Crippen molar-refractivity contribution in [2.75, 3.05) is 20.3 Å². The summed E-state index contributed by atoms with van der Waals surface area (Å²) in [5.41, 5.74) is -0.897. The van der Waals surface area contributed by atoms with Crippen LogP contribution < -0.4 is 5.32 Å². The molecule has 0 saturated carbocycles. The number of nitrogens with zero attached hydrogens (tertiary/aromatic N) is 1. The zero-order chi connectivity index (χ0) is 12.3. The Bertz CT molecular complexity index is 280. The third kappa shape index (κ3) is 2.23. The van der Waals surface area contributed by atoms with Gasteiger partial charge in [0.25, 0.3) is 0 Å². The van der Waals surface area contributed by atoms with Gasteiger partial charge in [-0.2, -0.15) is 0 Å². The van der Waals surface area contributed by atoms with Crippen LogP contribution in [0.1, 0.15) is 19.8 Å². The number of hydrogen-bond acceptors (Lipinski definition) is 5. The Kier molecular flexibility index (Phi) is 4.01. The molecule has 1 atom stereocenters. The summed E-state index contributed by atoms with van der Waals surface area (Å²) < 4.78 is 0.